The molecule has 0 aromatic rings. The topological polar surface area (TPSA) is 140 Å². The van der Waals surface area contributed by atoms with Crippen LogP contribution in [0.2, 0.25) is 0 Å². The lowest BCUT2D eigenvalue weighted by Gasteiger charge is -2.12. The van der Waals surface area contributed by atoms with Crippen LogP contribution < -0.4 is 10.6 Å². The number of ether oxygens (including phenoxy) is 2. The van der Waals surface area contributed by atoms with Crippen molar-refractivity contribution in [1.29, 1.82) is 0 Å². The maximum Gasteiger partial charge on any atom is 0.333 e. The molecule has 0 unspecified atom stereocenters. The van der Waals surface area contributed by atoms with E-state index in [0.29, 0.717) is 44.6 Å². The smallest absolute Gasteiger partial charge is 0.333 e. The molecule has 0 radical (unpaired) electrons. The predicted octanol–water partition coefficient (Wildman–Crippen LogP) is -0.314. The number of nitrogens with zero attached hydrogens (tertiary/aromatic N) is 1. The third kappa shape index (κ3) is 10.9. The first kappa shape index (κ1) is 25.5. The summed E-state index contributed by atoms with van der Waals surface area (Å²) in [4.78, 5) is 62.0. The van der Waals surface area contributed by atoms with E-state index in [1.807, 2.05) is 13.8 Å². The summed E-state index contributed by atoms with van der Waals surface area (Å²) in [5.74, 6) is -2.10. The third-order valence-electron chi connectivity index (χ3n) is 3.99. The van der Waals surface area contributed by atoms with Gasteiger partial charge in [-0.3, -0.25) is 19.2 Å². The number of carbonyl (C=O) groups excluding carboxylic acids is 5. The Hall–Kier alpha value is -2.53. The summed E-state index contributed by atoms with van der Waals surface area (Å²) in [6.07, 6.45) is 0.361. The van der Waals surface area contributed by atoms with Crippen LogP contribution in [0.5, 0.6) is 0 Å². The van der Waals surface area contributed by atoms with Gasteiger partial charge in [-0.15, -0.1) is 5.06 Å². The minimum Gasteiger partial charge on any atom is -0.377 e. The molecule has 11 nitrogen and oxygen atoms in total. The van der Waals surface area contributed by atoms with Crippen LogP contribution in [0.3, 0.4) is 0 Å². The van der Waals surface area contributed by atoms with Gasteiger partial charge in [0, 0.05) is 44.7 Å². The van der Waals surface area contributed by atoms with E-state index in [-0.39, 0.29) is 49.8 Å². The van der Waals surface area contributed by atoms with E-state index in [4.69, 9.17) is 14.3 Å². The molecular weight excluding hydrogens is 398 g/mol. The molecule has 2 N–H and O–H groups in total. The predicted molar refractivity (Wildman–Crippen MR) is 104 cm³/mol. The largest absolute Gasteiger partial charge is 0.377 e. The van der Waals surface area contributed by atoms with Crippen molar-refractivity contribution in [2.75, 3.05) is 39.5 Å². The van der Waals surface area contributed by atoms with E-state index in [0.717, 1.165) is 0 Å². The van der Waals surface area contributed by atoms with Gasteiger partial charge in [0.1, 0.15) is 0 Å². The van der Waals surface area contributed by atoms with Crippen molar-refractivity contribution in [1.82, 2.24) is 15.7 Å². The fourth-order valence-corrected chi connectivity index (χ4v) is 2.32. The zero-order valence-corrected chi connectivity index (χ0v) is 17.6. The lowest BCUT2D eigenvalue weighted by atomic mass is 10.2. The van der Waals surface area contributed by atoms with Crippen molar-refractivity contribution in [3.63, 3.8) is 0 Å². The summed E-state index contributed by atoms with van der Waals surface area (Å²) >= 11 is 0. The Labute approximate surface area is 175 Å². The van der Waals surface area contributed by atoms with Gasteiger partial charge in [-0.2, -0.15) is 0 Å². The second-order valence-corrected chi connectivity index (χ2v) is 6.92. The molecule has 0 bridgehead atoms. The Morgan fingerprint density at radius 2 is 1.47 bits per heavy atom. The Balaban J connectivity index is 1.91. The average molecular weight is 429 g/mol. The van der Waals surface area contributed by atoms with Gasteiger partial charge in [-0.1, -0.05) is 13.8 Å². The summed E-state index contributed by atoms with van der Waals surface area (Å²) in [5.41, 5.74) is 0. The molecule has 1 heterocycles. The highest BCUT2D eigenvalue weighted by atomic mass is 16.7. The van der Waals surface area contributed by atoms with E-state index in [2.05, 4.69) is 10.6 Å². The highest BCUT2D eigenvalue weighted by Gasteiger charge is 2.32. The number of hydroxylamine groups is 2. The van der Waals surface area contributed by atoms with Gasteiger partial charge in [0.25, 0.3) is 11.8 Å². The Bertz CT molecular complexity index is 593. The lowest BCUT2D eigenvalue weighted by Crippen LogP contribution is -2.32. The Morgan fingerprint density at radius 1 is 0.900 bits per heavy atom. The van der Waals surface area contributed by atoms with E-state index in [1.165, 1.54) is 0 Å². The molecule has 1 rings (SSSR count). The van der Waals surface area contributed by atoms with Crippen LogP contribution in [0.15, 0.2) is 0 Å². The maximum absolute atomic E-state index is 11.7. The van der Waals surface area contributed by atoms with Gasteiger partial charge in [-0.05, 0) is 6.42 Å². The van der Waals surface area contributed by atoms with Crippen LogP contribution in [-0.4, -0.2) is 74.2 Å². The molecule has 0 atom stereocenters. The highest BCUT2D eigenvalue weighted by molar-refractivity contribution is 6.01. The molecular formula is C19H31N3O8. The lowest BCUT2D eigenvalue weighted by molar-refractivity contribution is -0.197. The van der Waals surface area contributed by atoms with E-state index in [9.17, 15) is 24.0 Å². The second kappa shape index (κ2) is 14.5. The van der Waals surface area contributed by atoms with Gasteiger partial charge >= 0.3 is 5.97 Å². The number of rotatable bonds is 15. The standard InChI is InChI=1S/C19H31N3O8/c1-14(2)19(27)21-9-11-29-13-12-28-10-8-20-15(23)4-3-5-18(26)30-22-16(24)6-7-17(22)25/h14H,3-13H2,1-2H3,(H,20,23)(H,21,27). The van der Waals surface area contributed by atoms with Crippen molar-refractivity contribution < 1.29 is 38.3 Å². The number of hydrogen-bond donors (Lipinski definition) is 2. The van der Waals surface area contributed by atoms with Crippen molar-refractivity contribution in [2.45, 2.75) is 46.0 Å². The van der Waals surface area contributed by atoms with E-state index >= 15 is 0 Å². The number of imide groups is 1. The van der Waals surface area contributed by atoms with Crippen molar-refractivity contribution in [3.8, 4) is 0 Å². The van der Waals surface area contributed by atoms with Gasteiger partial charge in [0.15, 0.2) is 0 Å². The van der Waals surface area contributed by atoms with Crippen molar-refractivity contribution in [3.05, 3.63) is 0 Å². The normalized spacial score (nSPS) is 13.6. The number of amides is 4. The average Bonchev–Trinajstić information content (AvgIpc) is 3.01. The Morgan fingerprint density at radius 3 is 2.03 bits per heavy atom. The molecule has 1 aliphatic rings. The molecule has 1 fully saturated rings. The SMILES string of the molecule is CC(C)C(=O)NCCOCCOCCNC(=O)CCCC(=O)ON1C(=O)CCC1=O. The molecule has 0 aromatic heterocycles. The molecule has 0 spiro atoms. The minimum atomic E-state index is -0.724. The van der Waals surface area contributed by atoms with Crippen LogP contribution >= 0.6 is 0 Å². The van der Waals surface area contributed by atoms with Crippen LogP contribution in [0.4, 0.5) is 0 Å². The first-order chi connectivity index (χ1) is 14.3. The zero-order valence-electron chi connectivity index (χ0n) is 17.6. The Kier molecular flexibility index (Phi) is 12.3. The fourth-order valence-electron chi connectivity index (χ4n) is 2.32. The highest BCUT2D eigenvalue weighted by Crippen LogP contribution is 2.13. The summed E-state index contributed by atoms with van der Waals surface area (Å²) in [5, 5.41) is 5.88. The molecule has 0 saturated carbocycles. The van der Waals surface area contributed by atoms with Crippen LogP contribution in [0.1, 0.15) is 46.0 Å². The first-order valence-corrected chi connectivity index (χ1v) is 10.1. The third-order valence-corrected chi connectivity index (χ3v) is 3.99. The van der Waals surface area contributed by atoms with Gasteiger partial charge in [-0.25, -0.2) is 4.79 Å². The van der Waals surface area contributed by atoms with E-state index < -0.39 is 17.8 Å². The van der Waals surface area contributed by atoms with Crippen LogP contribution in [0.25, 0.3) is 0 Å². The molecule has 0 aromatic carbocycles. The molecule has 1 aliphatic heterocycles. The quantitative estimate of drug-likeness (QED) is 0.267. The van der Waals surface area contributed by atoms with Crippen LogP contribution in [0, 0.1) is 5.92 Å². The van der Waals surface area contributed by atoms with Gasteiger partial charge in [0.05, 0.1) is 26.4 Å². The molecule has 0 aliphatic carbocycles. The molecule has 4 amide bonds. The molecule has 11 heteroatoms. The summed E-state index contributed by atoms with van der Waals surface area (Å²) in [7, 11) is 0. The van der Waals surface area contributed by atoms with Gasteiger partial charge in [0.2, 0.25) is 11.8 Å². The fraction of sp³-hybridized carbons (Fsp3) is 0.737. The minimum absolute atomic E-state index is 0.0146. The summed E-state index contributed by atoms with van der Waals surface area (Å²) < 4.78 is 10.6. The maximum atomic E-state index is 11.7. The van der Waals surface area contributed by atoms with Gasteiger partial charge < -0.3 is 24.9 Å². The molecule has 170 valence electrons. The summed E-state index contributed by atoms with van der Waals surface area (Å²) in [6.45, 7) is 5.89. The number of hydrogen-bond acceptors (Lipinski definition) is 8. The monoisotopic (exact) mass is 429 g/mol. The van der Waals surface area contributed by atoms with E-state index in [1.54, 1.807) is 0 Å². The number of carbonyl (C=O) groups is 5. The summed E-state index contributed by atoms with van der Waals surface area (Å²) in [6, 6.07) is 0. The number of nitrogens with one attached hydrogen (secondary N) is 2. The zero-order chi connectivity index (χ0) is 22.4. The first-order valence-electron chi connectivity index (χ1n) is 10.1. The molecule has 1 saturated heterocycles. The van der Waals surface area contributed by atoms with Crippen molar-refractivity contribution in [2.24, 2.45) is 5.92 Å². The second-order valence-electron chi connectivity index (χ2n) is 6.92. The molecule has 30 heavy (non-hydrogen) atoms. The van der Waals surface area contributed by atoms with Crippen LogP contribution in [-0.2, 0) is 38.3 Å². The van der Waals surface area contributed by atoms with Crippen molar-refractivity contribution >= 4 is 29.6 Å².